The summed E-state index contributed by atoms with van der Waals surface area (Å²) in [6.07, 6.45) is 1.55. The van der Waals surface area contributed by atoms with Gasteiger partial charge in [0.2, 0.25) is 0 Å². The van der Waals surface area contributed by atoms with Crippen LogP contribution in [0.5, 0.6) is 0 Å². The van der Waals surface area contributed by atoms with Gasteiger partial charge in [0, 0.05) is 12.1 Å². The molecule has 0 unspecified atom stereocenters. The van der Waals surface area contributed by atoms with Crippen molar-refractivity contribution >= 4 is 5.78 Å². The molecule has 2 rings (SSSR count). The highest BCUT2D eigenvalue weighted by molar-refractivity contribution is 5.97. The predicted octanol–water partition coefficient (Wildman–Crippen LogP) is 2.17. The van der Waals surface area contributed by atoms with Gasteiger partial charge in [0.05, 0.1) is 6.42 Å². The van der Waals surface area contributed by atoms with E-state index >= 15 is 0 Å². The molecule has 1 aromatic carbocycles. The predicted molar refractivity (Wildman–Crippen MR) is 64.9 cm³/mol. The smallest absolute Gasteiger partial charge is 0.170 e. The number of carbonyl (C=O) groups is 1. The molecular weight excluding hydrogens is 233 g/mol. The zero-order valence-electron chi connectivity index (χ0n) is 10.4. The van der Waals surface area contributed by atoms with Crippen molar-refractivity contribution < 1.29 is 9.18 Å². The zero-order valence-corrected chi connectivity index (χ0v) is 10.4. The Morgan fingerprint density at radius 1 is 1.44 bits per heavy atom. The van der Waals surface area contributed by atoms with E-state index in [0.29, 0.717) is 23.5 Å². The van der Waals surface area contributed by atoms with Crippen LogP contribution in [-0.4, -0.2) is 20.5 Å². The fourth-order valence-electron chi connectivity index (χ4n) is 1.70. The molecule has 0 atom stereocenters. The van der Waals surface area contributed by atoms with Crippen molar-refractivity contribution in [3.05, 3.63) is 47.3 Å². The third-order valence-electron chi connectivity index (χ3n) is 2.81. The van der Waals surface area contributed by atoms with Gasteiger partial charge in [0.25, 0.3) is 0 Å². The van der Waals surface area contributed by atoms with Crippen molar-refractivity contribution in [3.63, 3.8) is 0 Å². The molecular formula is C13H14FN3O. The molecule has 0 saturated heterocycles. The van der Waals surface area contributed by atoms with E-state index in [-0.39, 0.29) is 18.0 Å². The normalized spacial score (nSPS) is 10.6. The molecule has 1 aromatic heterocycles. The van der Waals surface area contributed by atoms with Crippen LogP contribution in [0.4, 0.5) is 4.39 Å². The first kappa shape index (κ1) is 12.4. The first-order valence-electron chi connectivity index (χ1n) is 5.78. The van der Waals surface area contributed by atoms with Gasteiger partial charge >= 0.3 is 0 Å². The first-order chi connectivity index (χ1) is 8.61. The number of aryl methyl sites for hydroxylation is 2. The van der Waals surface area contributed by atoms with Crippen LogP contribution in [0.1, 0.15) is 28.7 Å². The van der Waals surface area contributed by atoms with Gasteiger partial charge in [-0.05, 0) is 25.5 Å². The zero-order chi connectivity index (χ0) is 13.1. The van der Waals surface area contributed by atoms with Crippen LogP contribution in [0, 0.1) is 12.7 Å². The average Bonchev–Trinajstić information content (AvgIpc) is 2.79. The molecule has 0 fully saturated rings. The summed E-state index contributed by atoms with van der Waals surface area (Å²) in [7, 11) is 0. The number of rotatable bonds is 4. The molecule has 0 spiro atoms. The molecule has 0 aliphatic heterocycles. The van der Waals surface area contributed by atoms with Crippen LogP contribution >= 0.6 is 0 Å². The molecule has 18 heavy (non-hydrogen) atoms. The molecule has 0 aliphatic carbocycles. The van der Waals surface area contributed by atoms with E-state index < -0.39 is 0 Å². The van der Waals surface area contributed by atoms with Gasteiger partial charge < -0.3 is 0 Å². The largest absolute Gasteiger partial charge is 0.294 e. The number of carbonyl (C=O) groups excluding carboxylic acids is 1. The van der Waals surface area contributed by atoms with Crippen molar-refractivity contribution in [2.45, 2.75) is 26.8 Å². The SMILES string of the molecule is CCn1ncnc1CC(=O)c1ccc(C)c(F)c1. The summed E-state index contributed by atoms with van der Waals surface area (Å²) in [5, 5.41) is 3.99. The molecule has 4 nitrogen and oxygen atoms in total. The minimum absolute atomic E-state index is 0.135. The second-order valence-electron chi connectivity index (χ2n) is 4.06. The van der Waals surface area contributed by atoms with Crippen molar-refractivity contribution in [1.29, 1.82) is 0 Å². The molecule has 5 heteroatoms. The van der Waals surface area contributed by atoms with Crippen molar-refractivity contribution in [2.24, 2.45) is 0 Å². The molecule has 94 valence electrons. The number of hydrogen-bond donors (Lipinski definition) is 0. The lowest BCUT2D eigenvalue weighted by Gasteiger charge is -2.04. The standard InChI is InChI=1S/C13H14FN3O/c1-3-17-13(15-8-16-17)7-12(18)10-5-4-9(2)11(14)6-10/h4-6,8H,3,7H2,1-2H3. The quantitative estimate of drug-likeness (QED) is 0.778. The Bertz CT molecular complexity index is 577. The summed E-state index contributed by atoms with van der Waals surface area (Å²) in [6.45, 7) is 4.25. The van der Waals surface area contributed by atoms with E-state index in [0.717, 1.165) is 0 Å². The number of ketones is 1. The summed E-state index contributed by atoms with van der Waals surface area (Å²) in [5.74, 6) is 0.0814. The molecule has 2 aromatic rings. The molecule has 0 N–H and O–H groups in total. The number of halogens is 1. The van der Waals surface area contributed by atoms with Gasteiger partial charge in [-0.15, -0.1) is 0 Å². The second kappa shape index (κ2) is 5.08. The van der Waals surface area contributed by atoms with E-state index in [9.17, 15) is 9.18 Å². The highest BCUT2D eigenvalue weighted by Gasteiger charge is 2.12. The molecule has 0 bridgehead atoms. The topological polar surface area (TPSA) is 47.8 Å². The van der Waals surface area contributed by atoms with E-state index in [2.05, 4.69) is 10.1 Å². The summed E-state index contributed by atoms with van der Waals surface area (Å²) in [6, 6.07) is 4.50. The summed E-state index contributed by atoms with van der Waals surface area (Å²) in [5.41, 5.74) is 0.895. The van der Waals surface area contributed by atoms with Crippen LogP contribution in [0.2, 0.25) is 0 Å². The molecule has 1 heterocycles. The van der Waals surface area contributed by atoms with Gasteiger partial charge in [0.15, 0.2) is 5.78 Å². The van der Waals surface area contributed by atoms with Gasteiger partial charge in [-0.25, -0.2) is 14.1 Å². The van der Waals surface area contributed by atoms with E-state index in [1.54, 1.807) is 23.7 Å². The molecule has 0 amide bonds. The summed E-state index contributed by atoms with van der Waals surface area (Å²) in [4.78, 5) is 16.0. The first-order valence-corrected chi connectivity index (χ1v) is 5.78. The van der Waals surface area contributed by atoms with Gasteiger partial charge in [-0.3, -0.25) is 4.79 Å². The Morgan fingerprint density at radius 2 is 2.22 bits per heavy atom. The maximum atomic E-state index is 13.4. The number of aromatic nitrogens is 3. The maximum absolute atomic E-state index is 13.4. The fourth-order valence-corrected chi connectivity index (χ4v) is 1.70. The molecule has 0 saturated carbocycles. The highest BCUT2D eigenvalue weighted by Crippen LogP contribution is 2.11. The maximum Gasteiger partial charge on any atom is 0.170 e. The Labute approximate surface area is 104 Å². The number of nitrogens with zero attached hydrogens (tertiary/aromatic N) is 3. The number of benzene rings is 1. The second-order valence-corrected chi connectivity index (χ2v) is 4.06. The molecule has 0 radical (unpaired) electrons. The lowest BCUT2D eigenvalue weighted by Crippen LogP contribution is -2.11. The lowest BCUT2D eigenvalue weighted by atomic mass is 10.1. The minimum atomic E-state index is -0.363. The minimum Gasteiger partial charge on any atom is -0.294 e. The van der Waals surface area contributed by atoms with Crippen molar-refractivity contribution in [2.75, 3.05) is 0 Å². The van der Waals surface area contributed by atoms with Crippen LogP contribution in [0.15, 0.2) is 24.5 Å². The fraction of sp³-hybridized carbons (Fsp3) is 0.308. The highest BCUT2D eigenvalue weighted by atomic mass is 19.1. The lowest BCUT2D eigenvalue weighted by molar-refractivity contribution is 0.0989. The van der Waals surface area contributed by atoms with E-state index in [4.69, 9.17) is 0 Å². The number of hydrogen-bond acceptors (Lipinski definition) is 3. The van der Waals surface area contributed by atoms with Crippen molar-refractivity contribution in [3.8, 4) is 0 Å². The van der Waals surface area contributed by atoms with Crippen LogP contribution in [0.25, 0.3) is 0 Å². The van der Waals surface area contributed by atoms with Crippen LogP contribution in [0.3, 0.4) is 0 Å². The van der Waals surface area contributed by atoms with Gasteiger partial charge in [0.1, 0.15) is 18.0 Å². The Kier molecular flexibility index (Phi) is 3.50. The van der Waals surface area contributed by atoms with Gasteiger partial charge in [-0.1, -0.05) is 12.1 Å². The Morgan fingerprint density at radius 3 is 2.89 bits per heavy atom. The summed E-state index contributed by atoms with van der Waals surface area (Å²) >= 11 is 0. The summed E-state index contributed by atoms with van der Waals surface area (Å²) < 4.78 is 15.0. The average molecular weight is 247 g/mol. The van der Waals surface area contributed by atoms with Crippen LogP contribution < -0.4 is 0 Å². The number of Topliss-reactive ketones (excluding diaryl/α,β-unsaturated/α-hetero) is 1. The third-order valence-corrected chi connectivity index (χ3v) is 2.81. The molecule has 0 aliphatic rings. The van der Waals surface area contributed by atoms with Crippen molar-refractivity contribution in [1.82, 2.24) is 14.8 Å². The third kappa shape index (κ3) is 2.45. The van der Waals surface area contributed by atoms with Crippen LogP contribution in [-0.2, 0) is 13.0 Å². The van der Waals surface area contributed by atoms with E-state index in [1.807, 2.05) is 6.92 Å². The monoisotopic (exact) mass is 247 g/mol. The Balaban J connectivity index is 2.19. The Hall–Kier alpha value is -2.04. The van der Waals surface area contributed by atoms with Gasteiger partial charge in [-0.2, -0.15) is 5.10 Å². The van der Waals surface area contributed by atoms with E-state index in [1.165, 1.54) is 12.4 Å².